The second-order valence-corrected chi connectivity index (χ2v) is 7.67. The molecule has 0 aliphatic carbocycles. The third-order valence-electron chi connectivity index (χ3n) is 3.45. The fraction of sp³-hybridized carbons (Fsp3) is 0.118. The van der Waals surface area contributed by atoms with E-state index in [2.05, 4.69) is 22.5 Å². The summed E-state index contributed by atoms with van der Waals surface area (Å²) >= 11 is 3.23. The Morgan fingerprint density at radius 1 is 1.28 bits per heavy atom. The highest BCUT2D eigenvalue weighted by molar-refractivity contribution is 9.10. The van der Waals surface area contributed by atoms with Gasteiger partial charge in [-0.05, 0) is 40.2 Å². The van der Waals surface area contributed by atoms with Crippen molar-refractivity contribution in [2.45, 2.75) is 11.4 Å². The predicted octanol–water partition coefficient (Wildman–Crippen LogP) is 3.06. The van der Waals surface area contributed by atoms with E-state index in [-0.39, 0.29) is 23.5 Å². The number of sulfonamides is 1. The summed E-state index contributed by atoms with van der Waals surface area (Å²) in [4.78, 5) is 14.0. The molecule has 0 unspecified atom stereocenters. The smallest absolute Gasteiger partial charge is 0.255 e. The van der Waals surface area contributed by atoms with Gasteiger partial charge in [0.05, 0.1) is 10.5 Å². The fourth-order valence-corrected chi connectivity index (χ4v) is 3.18. The Kier molecular flexibility index (Phi) is 6.10. The maximum absolute atomic E-state index is 13.9. The molecule has 0 radical (unpaired) electrons. The van der Waals surface area contributed by atoms with Crippen molar-refractivity contribution in [1.82, 2.24) is 4.90 Å². The number of hydrogen-bond acceptors (Lipinski definition) is 3. The van der Waals surface area contributed by atoms with Crippen LogP contribution in [0.2, 0.25) is 0 Å². The minimum atomic E-state index is -3.95. The molecular weight excluding hydrogens is 411 g/mol. The van der Waals surface area contributed by atoms with Gasteiger partial charge in [-0.1, -0.05) is 24.3 Å². The van der Waals surface area contributed by atoms with Crippen molar-refractivity contribution >= 4 is 31.9 Å². The standard InChI is InChI=1S/C17H16BrFN2O3S/c1-2-9-21(11-12-5-3-4-6-16(12)19)17(22)14-10-13(25(20,23)24)7-8-15(14)18/h2-8,10H,1,9,11H2,(H2,20,23,24). The number of nitrogens with two attached hydrogens (primary N) is 1. The molecule has 25 heavy (non-hydrogen) atoms. The highest BCUT2D eigenvalue weighted by atomic mass is 79.9. The minimum absolute atomic E-state index is 0.0174. The lowest BCUT2D eigenvalue weighted by atomic mass is 10.1. The molecule has 2 rings (SSSR count). The molecule has 0 aliphatic rings. The van der Waals surface area contributed by atoms with Gasteiger partial charge in [0.25, 0.3) is 5.91 Å². The third kappa shape index (κ3) is 4.75. The van der Waals surface area contributed by atoms with Crippen molar-refractivity contribution in [2.24, 2.45) is 5.14 Å². The minimum Gasteiger partial charge on any atom is -0.330 e. The van der Waals surface area contributed by atoms with Crippen molar-refractivity contribution in [3.63, 3.8) is 0 Å². The quantitative estimate of drug-likeness (QED) is 0.720. The van der Waals surface area contributed by atoms with E-state index in [4.69, 9.17) is 5.14 Å². The van der Waals surface area contributed by atoms with E-state index in [0.29, 0.717) is 10.0 Å². The first kappa shape index (κ1) is 19.3. The summed E-state index contributed by atoms with van der Waals surface area (Å²) in [6.07, 6.45) is 1.51. The van der Waals surface area contributed by atoms with Gasteiger partial charge in [-0.2, -0.15) is 0 Å². The van der Waals surface area contributed by atoms with Crippen molar-refractivity contribution < 1.29 is 17.6 Å². The first-order valence-corrected chi connectivity index (χ1v) is 9.54. The monoisotopic (exact) mass is 426 g/mol. The van der Waals surface area contributed by atoms with E-state index in [0.717, 1.165) is 0 Å². The van der Waals surface area contributed by atoms with Crippen LogP contribution < -0.4 is 5.14 Å². The molecule has 5 nitrogen and oxygen atoms in total. The van der Waals surface area contributed by atoms with E-state index in [1.165, 1.54) is 35.2 Å². The number of halogens is 2. The summed E-state index contributed by atoms with van der Waals surface area (Å²) < 4.78 is 37.3. The number of amides is 1. The molecule has 132 valence electrons. The van der Waals surface area contributed by atoms with Crippen LogP contribution in [-0.4, -0.2) is 25.8 Å². The van der Waals surface area contributed by atoms with Crippen LogP contribution in [0.1, 0.15) is 15.9 Å². The van der Waals surface area contributed by atoms with E-state index >= 15 is 0 Å². The van der Waals surface area contributed by atoms with Gasteiger partial charge in [-0.3, -0.25) is 4.79 Å². The Labute approximate surface area is 154 Å². The molecule has 0 atom stereocenters. The molecule has 0 saturated heterocycles. The summed E-state index contributed by atoms with van der Waals surface area (Å²) in [6.45, 7) is 3.79. The molecule has 0 aliphatic heterocycles. The largest absolute Gasteiger partial charge is 0.330 e. The van der Waals surface area contributed by atoms with Crippen molar-refractivity contribution in [1.29, 1.82) is 0 Å². The van der Waals surface area contributed by atoms with E-state index in [9.17, 15) is 17.6 Å². The van der Waals surface area contributed by atoms with E-state index < -0.39 is 21.7 Å². The molecule has 0 aromatic heterocycles. The first-order valence-electron chi connectivity index (χ1n) is 7.20. The molecular formula is C17H16BrFN2O3S. The Balaban J connectivity index is 2.41. The van der Waals surface area contributed by atoms with Gasteiger partial charge >= 0.3 is 0 Å². The average molecular weight is 427 g/mol. The predicted molar refractivity (Wildman–Crippen MR) is 96.9 cm³/mol. The summed E-state index contributed by atoms with van der Waals surface area (Å²) in [7, 11) is -3.95. The zero-order valence-electron chi connectivity index (χ0n) is 13.2. The molecule has 8 heteroatoms. The van der Waals surface area contributed by atoms with Gasteiger partial charge in [0.15, 0.2) is 0 Å². The molecule has 1 amide bonds. The Morgan fingerprint density at radius 3 is 2.56 bits per heavy atom. The van der Waals surface area contributed by atoms with E-state index in [1.54, 1.807) is 18.2 Å². The van der Waals surface area contributed by atoms with Crippen molar-refractivity contribution in [2.75, 3.05) is 6.54 Å². The maximum atomic E-state index is 13.9. The van der Waals surface area contributed by atoms with Crippen LogP contribution in [-0.2, 0) is 16.6 Å². The number of nitrogens with zero attached hydrogens (tertiary/aromatic N) is 1. The van der Waals surface area contributed by atoms with Crippen LogP contribution >= 0.6 is 15.9 Å². The number of hydrogen-bond donors (Lipinski definition) is 1. The summed E-state index contributed by atoms with van der Waals surface area (Å²) in [5, 5.41) is 5.12. The molecule has 2 aromatic carbocycles. The first-order chi connectivity index (χ1) is 11.7. The molecule has 0 bridgehead atoms. The zero-order valence-corrected chi connectivity index (χ0v) is 15.6. The number of rotatable bonds is 6. The Hall–Kier alpha value is -2.03. The highest BCUT2D eigenvalue weighted by Crippen LogP contribution is 2.23. The van der Waals surface area contributed by atoms with Gasteiger partial charge < -0.3 is 4.90 Å². The highest BCUT2D eigenvalue weighted by Gasteiger charge is 2.21. The topological polar surface area (TPSA) is 80.5 Å². The van der Waals surface area contributed by atoms with Crippen molar-refractivity contribution in [3.8, 4) is 0 Å². The van der Waals surface area contributed by atoms with Gasteiger partial charge in [0.2, 0.25) is 10.0 Å². The normalized spacial score (nSPS) is 11.2. The second kappa shape index (κ2) is 7.90. The number of primary sulfonamides is 1. The number of carbonyl (C=O) groups excluding carboxylic acids is 1. The van der Waals surface area contributed by atoms with Crippen LogP contribution in [0.25, 0.3) is 0 Å². The van der Waals surface area contributed by atoms with Gasteiger partial charge in [0.1, 0.15) is 5.82 Å². The zero-order chi connectivity index (χ0) is 18.6. The third-order valence-corrected chi connectivity index (χ3v) is 5.06. The summed E-state index contributed by atoms with van der Waals surface area (Å²) in [6, 6.07) is 10.0. The average Bonchev–Trinajstić information content (AvgIpc) is 2.55. The second-order valence-electron chi connectivity index (χ2n) is 5.25. The molecule has 0 fully saturated rings. The maximum Gasteiger partial charge on any atom is 0.255 e. The lowest BCUT2D eigenvalue weighted by Crippen LogP contribution is -2.31. The fourth-order valence-electron chi connectivity index (χ4n) is 2.22. The van der Waals surface area contributed by atoms with Crippen LogP contribution in [0.15, 0.2) is 64.5 Å². The lowest BCUT2D eigenvalue weighted by Gasteiger charge is -2.22. The Bertz CT molecular complexity index is 916. The SMILES string of the molecule is C=CCN(Cc1ccccc1F)C(=O)c1cc(S(N)(=O)=O)ccc1Br. The van der Waals surface area contributed by atoms with Crippen LogP contribution in [0.3, 0.4) is 0 Å². The number of carbonyl (C=O) groups is 1. The van der Waals surface area contributed by atoms with Crippen LogP contribution in [0.5, 0.6) is 0 Å². The molecule has 2 N–H and O–H groups in total. The summed E-state index contributed by atoms with van der Waals surface area (Å²) in [5.41, 5.74) is 0.459. The van der Waals surface area contributed by atoms with Gasteiger partial charge in [0, 0.05) is 23.1 Å². The van der Waals surface area contributed by atoms with Crippen LogP contribution in [0, 0.1) is 5.82 Å². The summed E-state index contributed by atoms with van der Waals surface area (Å²) in [5.74, 6) is -0.901. The van der Waals surface area contributed by atoms with Gasteiger partial charge in [-0.25, -0.2) is 17.9 Å². The molecule has 0 spiro atoms. The molecule has 0 heterocycles. The van der Waals surface area contributed by atoms with E-state index in [1.807, 2.05) is 0 Å². The lowest BCUT2D eigenvalue weighted by molar-refractivity contribution is 0.0760. The number of benzene rings is 2. The molecule has 0 saturated carbocycles. The molecule has 2 aromatic rings. The van der Waals surface area contributed by atoms with Crippen LogP contribution in [0.4, 0.5) is 4.39 Å². The van der Waals surface area contributed by atoms with Crippen molar-refractivity contribution in [3.05, 3.63) is 76.5 Å². The van der Waals surface area contributed by atoms with Gasteiger partial charge in [-0.15, -0.1) is 6.58 Å². The Morgan fingerprint density at radius 2 is 1.96 bits per heavy atom.